The van der Waals surface area contributed by atoms with Gasteiger partial charge in [0.25, 0.3) is 5.91 Å². The van der Waals surface area contributed by atoms with Crippen LogP contribution in [0.1, 0.15) is 17.0 Å². The van der Waals surface area contributed by atoms with Gasteiger partial charge in [-0.05, 0) is 24.3 Å². The summed E-state index contributed by atoms with van der Waals surface area (Å²) in [6.07, 6.45) is 1.41. The van der Waals surface area contributed by atoms with Gasteiger partial charge in [-0.15, -0.1) is 0 Å². The molecule has 0 spiro atoms. The number of fused-ring (bicyclic) bond motifs is 1. The molecule has 1 N–H and O–H groups in total. The molecule has 1 aromatic heterocycles. The Kier molecular flexibility index (Phi) is 5.23. The van der Waals surface area contributed by atoms with Gasteiger partial charge in [-0.2, -0.15) is 0 Å². The van der Waals surface area contributed by atoms with E-state index in [1.165, 1.54) is 6.26 Å². The van der Waals surface area contributed by atoms with Gasteiger partial charge in [0.1, 0.15) is 6.61 Å². The van der Waals surface area contributed by atoms with Crippen LogP contribution < -0.4 is 14.8 Å². The van der Waals surface area contributed by atoms with Crippen molar-refractivity contribution in [1.29, 1.82) is 0 Å². The molecular formula is C18H20N2O5. The number of hydrogen-bond donors (Lipinski definition) is 1. The number of amides is 2. The first-order valence-corrected chi connectivity index (χ1v) is 8.07. The largest absolute Gasteiger partial charge is 0.486 e. The first-order valence-electron chi connectivity index (χ1n) is 8.07. The SMILES string of the molecule is CN(C[C@@H]1COc2ccccc2O1)C(=O)CCNC(=O)c1ccco1. The lowest BCUT2D eigenvalue weighted by molar-refractivity contribution is -0.131. The second-order valence-electron chi connectivity index (χ2n) is 5.76. The van der Waals surface area contributed by atoms with Crippen molar-refractivity contribution in [2.75, 3.05) is 26.7 Å². The summed E-state index contributed by atoms with van der Waals surface area (Å²) in [4.78, 5) is 25.5. The van der Waals surface area contributed by atoms with Crippen molar-refractivity contribution in [1.82, 2.24) is 10.2 Å². The van der Waals surface area contributed by atoms with Crippen LogP contribution in [0.15, 0.2) is 47.1 Å². The number of likely N-dealkylation sites (N-methyl/N-ethyl adjacent to an activating group) is 1. The van der Waals surface area contributed by atoms with Crippen LogP contribution in [0.25, 0.3) is 0 Å². The highest BCUT2D eigenvalue weighted by atomic mass is 16.6. The Morgan fingerprint density at radius 1 is 1.20 bits per heavy atom. The van der Waals surface area contributed by atoms with Crippen molar-refractivity contribution in [3.8, 4) is 11.5 Å². The molecule has 7 nitrogen and oxygen atoms in total. The zero-order chi connectivity index (χ0) is 17.6. The molecular weight excluding hydrogens is 324 g/mol. The second kappa shape index (κ2) is 7.74. The summed E-state index contributed by atoms with van der Waals surface area (Å²) in [5, 5.41) is 2.65. The number of ether oxygens (including phenoxy) is 2. The molecule has 132 valence electrons. The number of para-hydroxylation sites is 2. The van der Waals surface area contributed by atoms with E-state index >= 15 is 0 Å². The lowest BCUT2D eigenvalue weighted by Crippen LogP contribution is -2.42. The van der Waals surface area contributed by atoms with E-state index in [1.807, 2.05) is 24.3 Å². The Bertz CT molecular complexity index is 729. The predicted octanol–water partition coefficient (Wildman–Crippen LogP) is 1.70. The van der Waals surface area contributed by atoms with Crippen molar-refractivity contribution < 1.29 is 23.5 Å². The van der Waals surface area contributed by atoms with Crippen LogP contribution in [0, 0.1) is 0 Å². The fraction of sp³-hybridized carbons (Fsp3) is 0.333. The van der Waals surface area contributed by atoms with Crippen LogP contribution in [0.4, 0.5) is 0 Å². The molecule has 3 rings (SSSR count). The Morgan fingerprint density at radius 2 is 2.00 bits per heavy atom. The van der Waals surface area contributed by atoms with Gasteiger partial charge in [-0.1, -0.05) is 12.1 Å². The van der Waals surface area contributed by atoms with Gasteiger partial charge in [-0.25, -0.2) is 0 Å². The van der Waals surface area contributed by atoms with E-state index in [0.29, 0.717) is 24.7 Å². The number of benzene rings is 1. The Morgan fingerprint density at radius 3 is 2.76 bits per heavy atom. The summed E-state index contributed by atoms with van der Waals surface area (Å²) in [5.41, 5.74) is 0. The van der Waals surface area contributed by atoms with Gasteiger partial charge < -0.3 is 24.1 Å². The molecule has 0 aliphatic carbocycles. The second-order valence-corrected chi connectivity index (χ2v) is 5.76. The van der Waals surface area contributed by atoms with E-state index in [2.05, 4.69) is 5.32 Å². The molecule has 0 unspecified atom stereocenters. The fourth-order valence-corrected chi connectivity index (χ4v) is 2.53. The quantitative estimate of drug-likeness (QED) is 0.863. The molecule has 2 heterocycles. The van der Waals surface area contributed by atoms with Gasteiger partial charge in [0.2, 0.25) is 5.91 Å². The van der Waals surface area contributed by atoms with Crippen molar-refractivity contribution in [2.45, 2.75) is 12.5 Å². The van der Waals surface area contributed by atoms with Gasteiger partial charge in [0, 0.05) is 20.0 Å². The first-order chi connectivity index (χ1) is 12.1. The molecule has 0 radical (unpaired) electrons. The number of furan rings is 1. The highest BCUT2D eigenvalue weighted by Crippen LogP contribution is 2.30. The summed E-state index contributed by atoms with van der Waals surface area (Å²) in [5.74, 6) is 1.22. The van der Waals surface area contributed by atoms with Crippen LogP contribution in [0.5, 0.6) is 11.5 Å². The Labute approximate surface area is 145 Å². The third-order valence-electron chi connectivity index (χ3n) is 3.84. The van der Waals surface area contributed by atoms with Gasteiger partial charge in [0.15, 0.2) is 23.4 Å². The summed E-state index contributed by atoms with van der Waals surface area (Å²) >= 11 is 0. The normalized spacial score (nSPS) is 15.5. The molecule has 2 aromatic rings. The summed E-state index contributed by atoms with van der Waals surface area (Å²) in [6.45, 7) is 1.05. The maximum absolute atomic E-state index is 12.2. The predicted molar refractivity (Wildman–Crippen MR) is 89.6 cm³/mol. The summed E-state index contributed by atoms with van der Waals surface area (Å²) in [7, 11) is 1.71. The number of carbonyl (C=O) groups excluding carboxylic acids is 2. The molecule has 1 aliphatic rings. The van der Waals surface area contributed by atoms with Crippen molar-refractivity contribution in [2.24, 2.45) is 0 Å². The fourth-order valence-electron chi connectivity index (χ4n) is 2.53. The lowest BCUT2D eigenvalue weighted by atomic mass is 10.2. The summed E-state index contributed by atoms with van der Waals surface area (Å²) < 4.78 is 16.5. The average Bonchev–Trinajstić information content (AvgIpc) is 3.16. The minimum absolute atomic E-state index is 0.0813. The molecule has 1 aromatic carbocycles. The number of nitrogens with one attached hydrogen (secondary N) is 1. The van der Waals surface area contributed by atoms with Crippen LogP contribution in [0.2, 0.25) is 0 Å². The van der Waals surface area contributed by atoms with E-state index in [-0.39, 0.29) is 36.6 Å². The molecule has 25 heavy (non-hydrogen) atoms. The molecule has 0 fully saturated rings. The molecule has 0 saturated heterocycles. The van der Waals surface area contributed by atoms with E-state index in [9.17, 15) is 9.59 Å². The summed E-state index contributed by atoms with van der Waals surface area (Å²) in [6, 6.07) is 10.7. The Hall–Kier alpha value is -2.96. The van der Waals surface area contributed by atoms with Crippen molar-refractivity contribution in [3.63, 3.8) is 0 Å². The first kappa shape index (κ1) is 16.9. The molecule has 7 heteroatoms. The monoisotopic (exact) mass is 344 g/mol. The van der Waals surface area contributed by atoms with Crippen molar-refractivity contribution >= 4 is 11.8 Å². The third kappa shape index (κ3) is 4.32. The van der Waals surface area contributed by atoms with E-state index in [0.717, 1.165) is 0 Å². The maximum atomic E-state index is 12.2. The van der Waals surface area contributed by atoms with Gasteiger partial charge in [-0.3, -0.25) is 9.59 Å². The van der Waals surface area contributed by atoms with Crippen molar-refractivity contribution in [3.05, 3.63) is 48.4 Å². The molecule has 0 bridgehead atoms. The average molecular weight is 344 g/mol. The molecule has 0 saturated carbocycles. The molecule has 1 aliphatic heterocycles. The van der Waals surface area contributed by atoms with Crippen LogP contribution >= 0.6 is 0 Å². The smallest absolute Gasteiger partial charge is 0.286 e. The van der Waals surface area contributed by atoms with E-state index in [4.69, 9.17) is 13.9 Å². The number of carbonyl (C=O) groups is 2. The number of rotatable bonds is 6. The maximum Gasteiger partial charge on any atom is 0.286 e. The highest BCUT2D eigenvalue weighted by Gasteiger charge is 2.23. The topological polar surface area (TPSA) is 81.0 Å². The van der Waals surface area contributed by atoms with Crippen LogP contribution in [-0.2, 0) is 4.79 Å². The minimum Gasteiger partial charge on any atom is -0.486 e. The van der Waals surface area contributed by atoms with Crippen LogP contribution in [-0.4, -0.2) is 49.6 Å². The standard InChI is InChI=1S/C18H20N2O5/c1-20(11-13-12-24-14-5-2-3-6-15(14)25-13)17(21)8-9-19-18(22)16-7-4-10-23-16/h2-7,10,13H,8-9,11-12H2,1H3,(H,19,22)/t13-/m1/s1. The zero-order valence-electron chi connectivity index (χ0n) is 13.9. The van der Waals surface area contributed by atoms with E-state index < -0.39 is 0 Å². The van der Waals surface area contributed by atoms with Gasteiger partial charge in [0.05, 0.1) is 12.8 Å². The number of hydrogen-bond acceptors (Lipinski definition) is 5. The Balaban J connectivity index is 1.41. The zero-order valence-corrected chi connectivity index (χ0v) is 13.9. The third-order valence-corrected chi connectivity index (χ3v) is 3.84. The van der Waals surface area contributed by atoms with Crippen LogP contribution in [0.3, 0.4) is 0 Å². The molecule has 1 atom stereocenters. The highest BCUT2D eigenvalue weighted by molar-refractivity contribution is 5.91. The van der Waals surface area contributed by atoms with E-state index in [1.54, 1.807) is 24.1 Å². The minimum atomic E-state index is -0.332. The number of nitrogens with zero attached hydrogens (tertiary/aromatic N) is 1. The molecule has 2 amide bonds. The van der Waals surface area contributed by atoms with Gasteiger partial charge >= 0.3 is 0 Å². The lowest BCUT2D eigenvalue weighted by Gasteiger charge is -2.29.